The van der Waals surface area contributed by atoms with Crippen molar-refractivity contribution in [2.45, 2.75) is 20.4 Å². The van der Waals surface area contributed by atoms with Crippen molar-refractivity contribution in [2.24, 2.45) is 0 Å². The lowest BCUT2D eigenvalue weighted by atomic mass is 10.3. The minimum absolute atomic E-state index is 0.0350. The number of H-pyrrole nitrogens is 1. The van der Waals surface area contributed by atoms with Crippen LogP contribution in [0.15, 0.2) is 29.1 Å². The number of rotatable bonds is 2. The molecule has 0 amide bonds. The highest BCUT2D eigenvalue weighted by molar-refractivity contribution is 5.77. The summed E-state index contributed by atoms with van der Waals surface area (Å²) >= 11 is 0. The van der Waals surface area contributed by atoms with E-state index >= 15 is 0 Å². The second kappa shape index (κ2) is 5.36. The van der Waals surface area contributed by atoms with Crippen LogP contribution < -0.4 is 5.56 Å². The van der Waals surface area contributed by atoms with Gasteiger partial charge < -0.3 is 5.11 Å². The molecule has 2 rings (SSSR count). The lowest BCUT2D eigenvalue weighted by molar-refractivity contribution is 0.268. The van der Waals surface area contributed by atoms with Crippen LogP contribution in [0.3, 0.4) is 0 Å². The number of aromatic nitrogens is 2. The molecule has 0 saturated carbocycles. The molecule has 0 aliphatic rings. The second-order valence-electron chi connectivity index (χ2n) is 2.84. The van der Waals surface area contributed by atoms with E-state index in [1.54, 1.807) is 6.07 Å². The van der Waals surface area contributed by atoms with Gasteiger partial charge in [-0.05, 0) is 12.1 Å². The summed E-state index contributed by atoms with van der Waals surface area (Å²) in [5, 5.41) is 12.3. The number of nitrogens with zero attached hydrogens (tertiary/aromatic N) is 1. The predicted molar refractivity (Wildman–Crippen MR) is 61.0 cm³/mol. The SMILES string of the molecule is CC.O=c1c2ccccc2[nH]n1CCO. The Balaban J connectivity index is 0.000000531. The first-order chi connectivity index (χ1) is 7.33. The summed E-state index contributed by atoms with van der Waals surface area (Å²) in [5.41, 5.74) is 0.727. The van der Waals surface area contributed by atoms with Gasteiger partial charge in [-0.3, -0.25) is 9.89 Å². The van der Waals surface area contributed by atoms with Gasteiger partial charge in [0.2, 0.25) is 0 Å². The number of aliphatic hydroxyl groups excluding tert-OH is 1. The average molecular weight is 208 g/mol. The van der Waals surface area contributed by atoms with E-state index < -0.39 is 0 Å². The molecule has 4 heteroatoms. The normalized spacial score (nSPS) is 9.80. The van der Waals surface area contributed by atoms with Gasteiger partial charge in [0, 0.05) is 0 Å². The Morgan fingerprint density at radius 2 is 2.00 bits per heavy atom. The summed E-state index contributed by atoms with van der Waals surface area (Å²) in [4.78, 5) is 11.5. The molecule has 0 saturated heterocycles. The predicted octanol–water partition coefficient (Wildman–Crippen LogP) is 1.35. The molecule has 15 heavy (non-hydrogen) atoms. The zero-order valence-corrected chi connectivity index (χ0v) is 9.03. The maximum absolute atomic E-state index is 11.5. The number of hydrogen-bond acceptors (Lipinski definition) is 2. The Morgan fingerprint density at radius 3 is 2.60 bits per heavy atom. The molecule has 2 aromatic rings. The summed E-state index contributed by atoms with van der Waals surface area (Å²) in [6.07, 6.45) is 0. The molecule has 0 radical (unpaired) electrons. The summed E-state index contributed by atoms with van der Waals surface area (Å²) in [7, 11) is 0. The zero-order chi connectivity index (χ0) is 11.3. The Hall–Kier alpha value is -1.55. The Bertz CT molecular complexity index is 471. The van der Waals surface area contributed by atoms with Crippen LogP contribution in [0.25, 0.3) is 10.9 Å². The van der Waals surface area contributed by atoms with Gasteiger partial charge in [0.1, 0.15) is 0 Å². The first-order valence-corrected chi connectivity index (χ1v) is 5.11. The maximum atomic E-state index is 11.5. The van der Waals surface area contributed by atoms with E-state index in [0.717, 1.165) is 5.52 Å². The van der Waals surface area contributed by atoms with Gasteiger partial charge in [0.25, 0.3) is 5.56 Å². The van der Waals surface area contributed by atoms with Crippen molar-refractivity contribution in [3.8, 4) is 0 Å². The van der Waals surface area contributed by atoms with E-state index in [2.05, 4.69) is 5.10 Å². The van der Waals surface area contributed by atoms with Crippen molar-refractivity contribution in [1.82, 2.24) is 9.78 Å². The molecule has 2 N–H and O–H groups in total. The van der Waals surface area contributed by atoms with E-state index in [0.29, 0.717) is 11.9 Å². The summed E-state index contributed by atoms with van der Waals surface area (Å²) in [6.45, 7) is 4.28. The topological polar surface area (TPSA) is 58.0 Å². The quantitative estimate of drug-likeness (QED) is 0.782. The van der Waals surface area contributed by atoms with Gasteiger partial charge in [-0.15, -0.1) is 0 Å². The summed E-state index contributed by atoms with van der Waals surface area (Å²) < 4.78 is 1.41. The Labute approximate surface area is 88.1 Å². The third kappa shape index (κ3) is 2.27. The monoisotopic (exact) mass is 208 g/mol. The zero-order valence-electron chi connectivity index (χ0n) is 9.03. The van der Waals surface area contributed by atoms with Crippen LogP contribution in [0.4, 0.5) is 0 Å². The van der Waals surface area contributed by atoms with E-state index in [4.69, 9.17) is 5.11 Å². The van der Waals surface area contributed by atoms with Crippen molar-refractivity contribution in [3.63, 3.8) is 0 Å². The number of hydrogen-bond donors (Lipinski definition) is 2. The van der Waals surface area contributed by atoms with Gasteiger partial charge in [0.15, 0.2) is 0 Å². The van der Waals surface area contributed by atoms with E-state index in [1.807, 2.05) is 32.0 Å². The van der Waals surface area contributed by atoms with Gasteiger partial charge in [-0.2, -0.15) is 0 Å². The van der Waals surface area contributed by atoms with Crippen LogP contribution in [-0.2, 0) is 6.54 Å². The number of aromatic amines is 1. The summed E-state index contributed by atoms with van der Waals surface area (Å²) in [5.74, 6) is 0. The molecule has 0 aliphatic heterocycles. The molecule has 4 nitrogen and oxygen atoms in total. The molecule has 0 fully saturated rings. The Kier molecular flexibility index (Phi) is 4.12. The molecule has 1 heterocycles. The highest BCUT2D eigenvalue weighted by atomic mass is 16.3. The molecule has 0 atom stereocenters. The first-order valence-electron chi connectivity index (χ1n) is 5.11. The standard InChI is InChI=1S/C9H10N2O2.C2H6/c12-6-5-11-9(13)7-3-1-2-4-8(7)10-11;1-2/h1-4,10,12H,5-6H2;1-2H3. The Morgan fingerprint density at radius 1 is 1.33 bits per heavy atom. The van der Waals surface area contributed by atoms with Crippen molar-refractivity contribution < 1.29 is 5.11 Å². The van der Waals surface area contributed by atoms with E-state index in [-0.39, 0.29) is 12.2 Å². The first kappa shape index (κ1) is 11.5. The van der Waals surface area contributed by atoms with Crippen molar-refractivity contribution in [2.75, 3.05) is 6.61 Å². The number of fused-ring (bicyclic) bond motifs is 1. The molecular formula is C11H16N2O2. The molecular weight excluding hydrogens is 192 g/mol. The number of aliphatic hydroxyl groups is 1. The van der Waals surface area contributed by atoms with Crippen molar-refractivity contribution in [3.05, 3.63) is 34.6 Å². The second-order valence-corrected chi connectivity index (χ2v) is 2.84. The molecule has 0 bridgehead atoms. The average Bonchev–Trinajstić information content (AvgIpc) is 2.60. The maximum Gasteiger partial charge on any atom is 0.274 e. The number of para-hydroxylation sites is 1. The minimum Gasteiger partial charge on any atom is -0.394 e. The lowest BCUT2D eigenvalue weighted by Crippen LogP contribution is -2.18. The largest absolute Gasteiger partial charge is 0.394 e. The van der Waals surface area contributed by atoms with Crippen LogP contribution >= 0.6 is 0 Å². The third-order valence-electron chi connectivity index (χ3n) is 1.98. The molecule has 1 aromatic heterocycles. The van der Waals surface area contributed by atoms with Crippen LogP contribution in [0.5, 0.6) is 0 Å². The van der Waals surface area contributed by atoms with Gasteiger partial charge >= 0.3 is 0 Å². The summed E-state index contributed by atoms with van der Waals surface area (Å²) in [6, 6.07) is 7.29. The fourth-order valence-electron chi connectivity index (χ4n) is 1.37. The van der Waals surface area contributed by atoms with Crippen molar-refractivity contribution in [1.29, 1.82) is 0 Å². The lowest BCUT2D eigenvalue weighted by Gasteiger charge is -1.94. The molecule has 0 aliphatic carbocycles. The fraction of sp³-hybridized carbons (Fsp3) is 0.364. The smallest absolute Gasteiger partial charge is 0.274 e. The van der Waals surface area contributed by atoms with E-state index in [1.165, 1.54) is 4.68 Å². The van der Waals surface area contributed by atoms with E-state index in [9.17, 15) is 4.79 Å². The number of nitrogens with one attached hydrogen (secondary N) is 1. The van der Waals surface area contributed by atoms with Crippen molar-refractivity contribution >= 4 is 10.9 Å². The van der Waals surface area contributed by atoms with Crippen LogP contribution in [-0.4, -0.2) is 21.5 Å². The van der Waals surface area contributed by atoms with Crippen LogP contribution in [0.1, 0.15) is 13.8 Å². The highest BCUT2D eigenvalue weighted by Crippen LogP contribution is 2.04. The molecule has 0 spiro atoms. The molecule has 1 aromatic carbocycles. The van der Waals surface area contributed by atoms with Gasteiger partial charge in [0.05, 0.1) is 24.1 Å². The van der Waals surface area contributed by atoms with Crippen LogP contribution in [0.2, 0.25) is 0 Å². The van der Waals surface area contributed by atoms with Gasteiger partial charge in [-0.25, -0.2) is 4.68 Å². The highest BCUT2D eigenvalue weighted by Gasteiger charge is 2.03. The fourth-order valence-corrected chi connectivity index (χ4v) is 1.37. The van der Waals surface area contributed by atoms with Gasteiger partial charge in [-0.1, -0.05) is 26.0 Å². The van der Waals surface area contributed by atoms with Crippen LogP contribution in [0, 0.1) is 0 Å². The minimum atomic E-state index is -0.0790. The third-order valence-corrected chi connectivity index (χ3v) is 1.98. The molecule has 0 unspecified atom stereocenters. The number of benzene rings is 1. The molecule has 82 valence electrons.